The van der Waals surface area contributed by atoms with Crippen molar-refractivity contribution in [3.05, 3.63) is 71.5 Å². The molecule has 342 valence electrons. The highest BCUT2D eigenvalue weighted by Gasteiger charge is 2.60. The number of ether oxygens (including phenoxy) is 2. The van der Waals surface area contributed by atoms with Gasteiger partial charge in [0.25, 0.3) is 5.91 Å². The van der Waals surface area contributed by atoms with Crippen LogP contribution in [0.5, 0.6) is 5.75 Å². The van der Waals surface area contributed by atoms with Crippen LogP contribution in [-0.4, -0.2) is 107 Å². The molecule has 64 heavy (non-hydrogen) atoms. The number of nitrogens with one attached hydrogen (secondary N) is 3. The number of fused-ring (bicyclic) bond motifs is 6. The van der Waals surface area contributed by atoms with Gasteiger partial charge in [-0.2, -0.15) is 0 Å². The molecule has 14 nitrogen and oxygen atoms in total. The minimum absolute atomic E-state index is 0.0188. The number of phenolic OH excluding ortho intramolecular Hbond substituents is 1. The van der Waals surface area contributed by atoms with Crippen molar-refractivity contribution in [2.45, 2.75) is 111 Å². The summed E-state index contributed by atoms with van der Waals surface area (Å²) < 4.78 is 14.2. The van der Waals surface area contributed by atoms with E-state index in [-0.39, 0.29) is 48.0 Å². The number of pyridine rings is 1. The molecule has 2 aromatic carbocycles. The van der Waals surface area contributed by atoms with Crippen molar-refractivity contribution >= 4 is 34.6 Å². The number of nitrogens with zero attached hydrogens (tertiary/aromatic N) is 4. The number of phenols is 1. The van der Waals surface area contributed by atoms with Crippen LogP contribution in [0, 0.1) is 22.7 Å². The second-order valence-electron chi connectivity index (χ2n) is 19.7. The average Bonchev–Trinajstić information content (AvgIpc) is 3.62. The lowest BCUT2D eigenvalue weighted by atomic mass is 9.84. The average molecular weight is 876 g/mol. The highest BCUT2D eigenvalue weighted by molar-refractivity contribution is 5.96. The third kappa shape index (κ3) is 8.76. The summed E-state index contributed by atoms with van der Waals surface area (Å²) in [5.41, 5.74) is 9.72. The largest absolute Gasteiger partial charge is 0.508 e. The Balaban J connectivity index is 1.21. The van der Waals surface area contributed by atoms with E-state index in [1.165, 1.54) is 5.01 Å². The van der Waals surface area contributed by atoms with Crippen molar-refractivity contribution in [1.82, 2.24) is 35.5 Å². The van der Waals surface area contributed by atoms with E-state index in [1.807, 2.05) is 39.0 Å². The Morgan fingerprint density at radius 1 is 1.11 bits per heavy atom. The number of aryl methyl sites for hydroxylation is 1. The summed E-state index contributed by atoms with van der Waals surface area (Å²) in [4.78, 5) is 63.4. The number of hydrogen-bond donors (Lipinski definition) is 4. The maximum atomic E-state index is 14.7. The van der Waals surface area contributed by atoms with Crippen LogP contribution in [0.25, 0.3) is 33.3 Å². The number of benzene rings is 2. The van der Waals surface area contributed by atoms with Gasteiger partial charge in [0, 0.05) is 74.2 Å². The van der Waals surface area contributed by atoms with Gasteiger partial charge in [-0.25, -0.2) is 5.43 Å². The maximum absolute atomic E-state index is 14.7. The Kier molecular flexibility index (Phi) is 12.7. The zero-order valence-electron chi connectivity index (χ0n) is 38.6. The van der Waals surface area contributed by atoms with Gasteiger partial charge in [0.15, 0.2) is 0 Å². The molecular weight excluding hydrogens is 811 g/mol. The normalized spacial score (nSPS) is 24.3. The highest BCUT2D eigenvalue weighted by Crippen LogP contribution is 2.57. The number of rotatable bonds is 9. The van der Waals surface area contributed by atoms with Crippen LogP contribution in [0.15, 0.2) is 54.7 Å². The van der Waals surface area contributed by atoms with Gasteiger partial charge in [-0.1, -0.05) is 39.8 Å². The van der Waals surface area contributed by atoms with E-state index >= 15 is 0 Å². The summed E-state index contributed by atoms with van der Waals surface area (Å²) in [6.45, 7) is 14.9. The molecule has 3 fully saturated rings. The first-order valence-electron chi connectivity index (χ1n) is 23.0. The molecule has 1 aliphatic carbocycles. The number of carbonyl (C=O) groups excluding carboxylic acids is 4. The lowest BCUT2D eigenvalue weighted by Gasteiger charge is -2.37. The molecule has 6 bridgehead atoms. The van der Waals surface area contributed by atoms with E-state index in [4.69, 9.17) is 14.5 Å². The first kappa shape index (κ1) is 45.3. The monoisotopic (exact) mass is 875 g/mol. The number of hydrogen-bond acceptors (Lipinski definition) is 10. The summed E-state index contributed by atoms with van der Waals surface area (Å²) in [5, 5.41) is 20.2. The van der Waals surface area contributed by atoms with Crippen LogP contribution in [0.3, 0.4) is 0 Å². The summed E-state index contributed by atoms with van der Waals surface area (Å²) in [7, 11) is 3.37. The van der Waals surface area contributed by atoms with Crippen molar-refractivity contribution in [3.8, 4) is 28.1 Å². The first-order valence-corrected chi connectivity index (χ1v) is 23.0. The van der Waals surface area contributed by atoms with E-state index in [0.29, 0.717) is 37.9 Å². The Morgan fingerprint density at radius 2 is 1.91 bits per heavy atom. The predicted octanol–water partition coefficient (Wildman–Crippen LogP) is 5.93. The molecule has 4 aromatic rings. The number of amides is 3. The fourth-order valence-electron chi connectivity index (χ4n) is 10.6. The van der Waals surface area contributed by atoms with E-state index in [9.17, 15) is 24.3 Å². The van der Waals surface area contributed by atoms with E-state index < -0.39 is 41.3 Å². The van der Waals surface area contributed by atoms with Gasteiger partial charge in [-0.15, -0.1) is 0 Å². The zero-order valence-corrected chi connectivity index (χ0v) is 38.6. The molecule has 3 aliphatic heterocycles. The standard InChI is InChI=1S/C50H65N7O7/c1-9-56-41-15-14-32-24-36(41)37(44(56)35-12-10-17-52-42(35)30(4)63-8)25-49(5,6)28-64-48(62)39-13-11-19-57(54-39)47(61)40(22-31-20-33(32)23-34(58)21-31)53-45(59)43(29(2)3)55(7)46(60)38-26-50(38)16-18-51-27-50/h10,12,14-15,17,20-21,23-24,29-30,38-40,43,51,54,58H,9,11,13,16,18-19,22,25-28H2,1-8H3,(H,53,59)/t30-,38?,39-,40-,43?,50?/m0/s1. The van der Waals surface area contributed by atoms with Crippen LogP contribution in [0.2, 0.25) is 0 Å². The number of carbonyl (C=O) groups is 4. The van der Waals surface area contributed by atoms with Gasteiger partial charge in [-0.3, -0.25) is 29.2 Å². The Morgan fingerprint density at radius 3 is 2.62 bits per heavy atom. The highest BCUT2D eigenvalue weighted by atomic mass is 16.5. The second kappa shape index (κ2) is 17.9. The molecule has 1 spiro atoms. The summed E-state index contributed by atoms with van der Waals surface area (Å²) in [6, 6.07) is 12.9. The number of cyclic esters (lactones) is 1. The molecule has 5 heterocycles. The molecule has 3 unspecified atom stereocenters. The molecule has 4 aliphatic rings. The molecule has 8 rings (SSSR count). The lowest BCUT2D eigenvalue weighted by molar-refractivity contribution is -0.155. The second-order valence-corrected chi connectivity index (χ2v) is 19.7. The van der Waals surface area contributed by atoms with Gasteiger partial charge in [0.1, 0.15) is 23.9 Å². The number of methoxy groups -OCH3 is 1. The van der Waals surface area contributed by atoms with Crippen molar-refractivity contribution in [2.24, 2.45) is 22.7 Å². The maximum Gasteiger partial charge on any atom is 0.324 e. The fraction of sp³-hybridized carbons (Fsp3) is 0.540. The number of aromatic hydroxyl groups is 1. The van der Waals surface area contributed by atoms with Gasteiger partial charge in [0.2, 0.25) is 11.8 Å². The van der Waals surface area contributed by atoms with Crippen molar-refractivity contribution in [2.75, 3.05) is 40.4 Å². The summed E-state index contributed by atoms with van der Waals surface area (Å²) >= 11 is 0. The number of esters is 1. The predicted molar refractivity (Wildman–Crippen MR) is 245 cm³/mol. The van der Waals surface area contributed by atoms with Gasteiger partial charge >= 0.3 is 5.97 Å². The van der Waals surface area contributed by atoms with Gasteiger partial charge in [0.05, 0.1) is 24.1 Å². The lowest BCUT2D eigenvalue weighted by Crippen LogP contribution is -2.62. The molecular formula is C50H65N7O7. The van der Waals surface area contributed by atoms with E-state index in [0.717, 1.165) is 70.5 Å². The Hall–Kier alpha value is -5.31. The smallest absolute Gasteiger partial charge is 0.324 e. The van der Waals surface area contributed by atoms with Crippen LogP contribution in [0.1, 0.15) is 90.2 Å². The summed E-state index contributed by atoms with van der Waals surface area (Å²) in [6.07, 6.45) is 4.86. The molecule has 1 saturated carbocycles. The fourth-order valence-corrected chi connectivity index (χ4v) is 10.6. The zero-order chi connectivity index (χ0) is 45.7. The molecule has 2 saturated heterocycles. The minimum atomic E-state index is -1.10. The quantitative estimate of drug-likeness (QED) is 0.148. The van der Waals surface area contributed by atoms with Gasteiger partial charge in [-0.05, 0) is 122 Å². The molecule has 6 atom stereocenters. The molecule has 2 aromatic heterocycles. The third-order valence-electron chi connectivity index (χ3n) is 14.1. The van der Waals surface area contributed by atoms with Crippen molar-refractivity contribution < 1.29 is 33.8 Å². The minimum Gasteiger partial charge on any atom is -0.508 e. The Labute approximate surface area is 376 Å². The third-order valence-corrected chi connectivity index (χ3v) is 14.1. The van der Waals surface area contributed by atoms with Crippen LogP contribution < -0.4 is 16.1 Å². The Bertz CT molecular complexity index is 2440. The SMILES string of the molecule is CCn1c(-c2cccnc2[C@H](C)OC)c2c3cc(ccc31)-c1cc(O)cc(c1)C[C@H](NC(=O)C(C(C)C)N(C)C(=O)C1CC13CCNC3)C(=O)N1CCC[C@H](N1)C(=O)OCC(C)(C)C2. The van der Waals surface area contributed by atoms with Crippen LogP contribution in [-0.2, 0) is 48.0 Å². The van der Waals surface area contributed by atoms with E-state index in [2.05, 4.69) is 59.6 Å². The topological polar surface area (TPSA) is 167 Å². The van der Waals surface area contributed by atoms with E-state index in [1.54, 1.807) is 37.4 Å². The van der Waals surface area contributed by atoms with Crippen LogP contribution >= 0.6 is 0 Å². The number of aromatic nitrogens is 2. The van der Waals surface area contributed by atoms with Crippen LogP contribution in [0.4, 0.5) is 0 Å². The molecule has 14 heteroatoms. The molecule has 4 N–H and O–H groups in total. The molecule has 0 radical (unpaired) electrons. The van der Waals surface area contributed by atoms with Gasteiger partial charge < -0.3 is 34.7 Å². The summed E-state index contributed by atoms with van der Waals surface area (Å²) in [5.74, 6) is -1.75. The first-order chi connectivity index (χ1) is 30.5. The molecule has 3 amide bonds. The number of hydrazine groups is 1. The van der Waals surface area contributed by atoms with Crippen molar-refractivity contribution in [3.63, 3.8) is 0 Å². The number of likely N-dealkylation sites (N-methyl/N-ethyl adjacent to an activating group) is 1. The van der Waals surface area contributed by atoms with Crippen molar-refractivity contribution in [1.29, 1.82) is 0 Å².